The second kappa shape index (κ2) is 20.3. The number of hydrogen-bond acceptors (Lipinski definition) is 7. The Kier molecular flexibility index (Phi) is 17.0. The van der Waals surface area contributed by atoms with E-state index in [1.54, 1.807) is 0 Å². The summed E-state index contributed by atoms with van der Waals surface area (Å²) in [4.78, 5) is 8.72. The maximum Gasteiger partial charge on any atom is 0.0636 e. The summed E-state index contributed by atoms with van der Waals surface area (Å²) >= 11 is 0. The summed E-state index contributed by atoms with van der Waals surface area (Å²) < 4.78 is 20.0. The van der Waals surface area contributed by atoms with E-state index in [9.17, 15) is 5.11 Å². The SMILES string of the molecule is CC1C[C@H](OCCCN=[N+]=[N-])[C@@]2(C)C(CCC2[C@H](C)CCCO)C[C@H](OCCCN=[N+]=[N-])CC2C[C@H](OCCCN=[N+]=[N-])CC[C@]12C. The second-order valence-corrected chi connectivity index (χ2v) is 14.9. The summed E-state index contributed by atoms with van der Waals surface area (Å²) in [5, 5.41) is 20.8. The van der Waals surface area contributed by atoms with E-state index in [0.29, 0.717) is 81.9 Å². The van der Waals surface area contributed by atoms with Gasteiger partial charge in [0.25, 0.3) is 0 Å². The van der Waals surface area contributed by atoms with Gasteiger partial charge < -0.3 is 19.3 Å². The molecule has 4 unspecified atom stereocenters. The molecule has 3 rings (SSSR count). The normalized spacial score (nSPS) is 34.5. The van der Waals surface area contributed by atoms with Gasteiger partial charge in [-0.1, -0.05) is 43.0 Å². The molecule has 0 aromatic rings. The van der Waals surface area contributed by atoms with Crippen molar-refractivity contribution in [3.8, 4) is 0 Å². The van der Waals surface area contributed by atoms with Gasteiger partial charge in [0.2, 0.25) is 0 Å². The molecule has 3 aliphatic rings. The van der Waals surface area contributed by atoms with Crippen molar-refractivity contribution in [3.63, 3.8) is 0 Å². The Morgan fingerprint density at radius 2 is 1.30 bits per heavy atom. The number of azide groups is 3. The van der Waals surface area contributed by atoms with Crippen LogP contribution >= 0.6 is 0 Å². The van der Waals surface area contributed by atoms with Crippen molar-refractivity contribution in [2.24, 2.45) is 55.8 Å². The number of aliphatic hydroxyl groups is 1. The van der Waals surface area contributed by atoms with Gasteiger partial charge in [-0.25, -0.2) is 0 Å². The topological polar surface area (TPSA) is 194 Å². The van der Waals surface area contributed by atoms with Crippen molar-refractivity contribution in [1.29, 1.82) is 0 Å². The molecule has 266 valence electrons. The Bertz CT molecular complexity index is 1080. The molecule has 0 bridgehead atoms. The van der Waals surface area contributed by atoms with Crippen LogP contribution in [0.2, 0.25) is 0 Å². The lowest BCUT2D eigenvalue weighted by Crippen LogP contribution is -2.51. The highest BCUT2D eigenvalue weighted by atomic mass is 16.5. The maximum absolute atomic E-state index is 9.66. The van der Waals surface area contributed by atoms with Crippen molar-refractivity contribution in [1.82, 2.24) is 0 Å². The molecule has 3 fully saturated rings. The van der Waals surface area contributed by atoms with E-state index in [-0.39, 0.29) is 35.7 Å². The highest BCUT2D eigenvalue weighted by Gasteiger charge is 2.56. The third-order valence-corrected chi connectivity index (χ3v) is 12.4. The fraction of sp³-hybridized carbons (Fsp3) is 1.00. The average Bonchev–Trinajstić information content (AvgIpc) is 3.39. The molecular formula is C34H61N9O4. The van der Waals surface area contributed by atoms with E-state index in [1.165, 1.54) is 0 Å². The number of ether oxygens (including phenoxy) is 3. The molecule has 0 radical (unpaired) electrons. The molecule has 3 aliphatic carbocycles. The monoisotopic (exact) mass is 659 g/mol. The summed E-state index contributed by atoms with van der Waals surface area (Å²) in [6.45, 7) is 13.0. The molecule has 0 heterocycles. The smallest absolute Gasteiger partial charge is 0.0636 e. The Hall–Kier alpha value is -2.23. The molecule has 3 saturated carbocycles. The molecule has 0 aromatic carbocycles. The number of fused-ring (bicyclic) bond motifs is 2. The first kappa shape index (κ1) is 39.2. The maximum atomic E-state index is 9.66. The van der Waals surface area contributed by atoms with Crippen molar-refractivity contribution in [2.75, 3.05) is 46.1 Å². The largest absolute Gasteiger partial charge is 0.396 e. The van der Waals surface area contributed by atoms with Gasteiger partial charge in [0.1, 0.15) is 0 Å². The standard InChI is InChI=1S/C34H61N9O4/c1-25(9-5-17-44)31-11-10-27-22-30(46-19-7-15-39-42-36)24-28-23-29(45-18-6-14-38-41-35)12-13-33(28,3)26(2)21-32(34(27,31)4)47-20-8-16-40-43-37/h25-32,44H,5-24H2,1-4H3/t25-,26?,27?,28?,29-,30+,31?,32+,33-,34+/m1/s1. The van der Waals surface area contributed by atoms with Gasteiger partial charge in [0.15, 0.2) is 0 Å². The fourth-order valence-electron chi connectivity index (χ4n) is 9.46. The quantitative estimate of drug-likeness (QED) is 0.0624. The van der Waals surface area contributed by atoms with E-state index < -0.39 is 0 Å². The molecule has 0 saturated heterocycles. The Labute approximate surface area is 281 Å². The molecule has 13 heteroatoms. The predicted octanol–water partition coefficient (Wildman–Crippen LogP) is 9.31. The van der Waals surface area contributed by atoms with Crippen LogP contribution in [-0.2, 0) is 14.2 Å². The van der Waals surface area contributed by atoms with Gasteiger partial charge in [0.05, 0.1) is 18.3 Å². The molecule has 0 aliphatic heterocycles. The van der Waals surface area contributed by atoms with E-state index in [0.717, 1.165) is 70.6 Å². The zero-order valence-corrected chi connectivity index (χ0v) is 29.5. The first-order valence-electron chi connectivity index (χ1n) is 18.2. The molecule has 47 heavy (non-hydrogen) atoms. The van der Waals surface area contributed by atoms with Crippen LogP contribution in [0.4, 0.5) is 0 Å². The van der Waals surface area contributed by atoms with Gasteiger partial charge in [0, 0.05) is 60.8 Å². The highest BCUT2D eigenvalue weighted by Crippen LogP contribution is 2.60. The molecule has 10 atom stereocenters. The minimum absolute atomic E-state index is 0.0518. The first-order valence-corrected chi connectivity index (χ1v) is 18.2. The molecule has 0 amide bonds. The molecule has 0 aromatic heterocycles. The lowest BCUT2D eigenvalue weighted by Gasteiger charge is -2.54. The Balaban J connectivity index is 1.94. The van der Waals surface area contributed by atoms with Crippen molar-refractivity contribution < 1.29 is 19.3 Å². The minimum atomic E-state index is -0.0518. The van der Waals surface area contributed by atoms with Crippen LogP contribution in [0.25, 0.3) is 31.3 Å². The van der Waals surface area contributed by atoms with Crippen molar-refractivity contribution in [3.05, 3.63) is 31.3 Å². The summed E-state index contributed by atoms with van der Waals surface area (Å²) in [6, 6.07) is 0. The van der Waals surface area contributed by atoms with Crippen LogP contribution in [0.1, 0.15) is 111 Å². The van der Waals surface area contributed by atoms with Crippen LogP contribution in [0.15, 0.2) is 15.3 Å². The molecule has 0 spiro atoms. The van der Waals surface area contributed by atoms with Gasteiger partial charge in [-0.3, -0.25) is 0 Å². The van der Waals surface area contributed by atoms with Gasteiger partial charge in [-0.05, 0) is 140 Å². The lowest BCUT2D eigenvalue weighted by molar-refractivity contribution is -0.136. The molecular weight excluding hydrogens is 598 g/mol. The van der Waals surface area contributed by atoms with Gasteiger partial charge in [-0.15, -0.1) is 0 Å². The second-order valence-electron chi connectivity index (χ2n) is 14.9. The fourth-order valence-corrected chi connectivity index (χ4v) is 9.46. The van der Waals surface area contributed by atoms with Gasteiger partial charge in [-0.2, -0.15) is 0 Å². The number of hydrogen-bond donors (Lipinski definition) is 1. The van der Waals surface area contributed by atoms with Crippen LogP contribution in [-0.4, -0.2) is 69.5 Å². The number of aliphatic hydroxyl groups excluding tert-OH is 1. The predicted molar refractivity (Wildman–Crippen MR) is 183 cm³/mol. The van der Waals surface area contributed by atoms with Crippen LogP contribution in [0.3, 0.4) is 0 Å². The van der Waals surface area contributed by atoms with Crippen molar-refractivity contribution in [2.45, 2.75) is 129 Å². The summed E-state index contributed by atoms with van der Waals surface area (Å²) in [5.74, 6) is 2.22. The lowest BCUT2D eigenvalue weighted by atomic mass is 9.54. The molecule has 13 nitrogen and oxygen atoms in total. The highest BCUT2D eigenvalue weighted by molar-refractivity contribution is 5.05. The van der Waals surface area contributed by atoms with Gasteiger partial charge >= 0.3 is 0 Å². The summed E-state index contributed by atoms with van der Waals surface area (Å²) in [5.41, 5.74) is 26.2. The first-order chi connectivity index (χ1) is 22.7. The Morgan fingerprint density at radius 3 is 1.89 bits per heavy atom. The van der Waals surface area contributed by atoms with E-state index in [2.05, 4.69) is 57.8 Å². The van der Waals surface area contributed by atoms with E-state index >= 15 is 0 Å². The van der Waals surface area contributed by atoms with Crippen LogP contribution in [0.5, 0.6) is 0 Å². The Morgan fingerprint density at radius 1 is 0.745 bits per heavy atom. The molecule has 1 N–H and O–H groups in total. The number of nitrogens with zero attached hydrogens (tertiary/aromatic N) is 9. The third kappa shape index (κ3) is 10.9. The summed E-state index contributed by atoms with van der Waals surface area (Å²) in [6.07, 6.45) is 12.6. The van der Waals surface area contributed by atoms with Crippen molar-refractivity contribution >= 4 is 0 Å². The average molecular weight is 660 g/mol. The minimum Gasteiger partial charge on any atom is -0.396 e. The summed E-state index contributed by atoms with van der Waals surface area (Å²) in [7, 11) is 0. The third-order valence-electron chi connectivity index (χ3n) is 12.4. The number of rotatable bonds is 19. The van der Waals surface area contributed by atoms with Crippen LogP contribution in [0, 0.1) is 40.4 Å². The van der Waals surface area contributed by atoms with E-state index in [1.807, 2.05) is 0 Å². The zero-order chi connectivity index (χ0) is 34.1. The van der Waals surface area contributed by atoms with Crippen LogP contribution < -0.4 is 0 Å². The zero-order valence-electron chi connectivity index (χ0n) is 29.5. The van der Waals surface area contributed by atoms with E-state index in [4.69, 9.17) is 30.8 Å².